The summed E-state index contributed by atoms with van der Waals surface area (Å²) >= 11 is 0. The smallest absolute Gasteiger partial charge is 0.240 e. The fourth-order valence-corrected chi connectivity index (χ4v) is 4.50. The summed E-state index contributed by atoms with van der Waals surface area (Å²) in [5.41, 5.74) is -2.09. The Hall–Kier alpha value is -2.30. The van der Waals surface area contributed by atoms with Gasteiger partial charge in [0.15, 0.2) is 0 Å². The molecule has 124 valence electrons. The highest BCUT2D eigenvalue weighted by Crippen LogP contribution is 2.60. The van der Waals surface area contributed by atoms with Crippen molar-refractivity contribution < 1.29 is 23.8 Å². The van der Waals surface area contributed by atoms with Crippen molar-refractivity contribution in [2.75, 3.05) is 4.90 Å². The van der Waals surface area contributed by atoms with Crippen molar-refractivity contribution in [1.82, 2.24) is 0 Å². The van der Waals surface area contributed by atoms with Gasteiger partial charge in [0.05, 0.1) is 35.8 Å². The van der Waals surface area contributed by atoms with Crippen LogP contribution in [0.3, 0.4) is 0 Å². The Morgan fingerprint density at radius 2 is 2.00 bits per heavy atom. The number of nitrogens with zero attached hydrogens (tertiary/aromatic N) is 2. The summed E-state index contributed by atoms with van der Waals surface area (Å²) in [6.45, 7) is 10.2. The minimum absolute atomic E-state index is 0.102. The number of carbonyl (C=O) groups excluding carboxylic acids is 2. The predicted octanol–water partition coefficient (Wildman–Crippen LogP) is 1.79. The summed E-state index contributed by atoms with van der Waals surface area (Å²) < 4.78 is 19.8. The lowest BCUT2D eigenvalue weighted by molar-refractivity contribution is -0.132. The number of carbonyl (C=O) groups is 2. The molecule has 3 fully saturated rings. The minimum Gasteiger partial charge on any atom is -0.390 e. The highest BCUT2D eigenvalue weighted by molar-refractivity contribution is 6.23. The molecular formula is C17H15FN2O4. The van der Waals surface area contributed by atoms with Crippen LogP contribution in [0.4, 0.5) is 15.8 Å². The van der Waals surface area contributed by atoms with Gasteiger partial charge in [0.1, 0.15) is 11.4 Å². The van der Waals surface area contributed by atoms with Crippen LogP contribution in [-0.2, 0) is 14.3 Å². The highest BCUT2D eigenvalue weighted by Gasteiger charge is 2.75. The van der Waals surface area contributed by atoms with Crippen LogP contribution < -0.4 is 4.90 Å². The molecule has 0 spiro atoms. The van der Waals surface area contributed by atoms with Gasteiger partial charge in [0.25, 0.3) is 0 Å². The van der Waals surface area contributed by atoms with Gasteiger partial charge in [0, 0.05) is 6.42 Å². The number of aliphatic hydroxyl groups is 1. The van der Waals surface area contributed by atoms with Crippen LogP contribution in [-0.4, -0.2) is 34.2 Å². The first-order valence-electron chi connectivity index (χ1n) is 7.66. The van der Waals surface area contributed by atoms with Crippen molar-refractivity contribution in [2.24, 2.45) is 11.8 Å². The van der Waals surface area contributed by atoms with Crippen molar-refractivity contribution in [3.63, 3.8) is 0 Å². The number of imide groups is 1. The molecular weight excluding hydrogens is 315 g/mol. The molecule has 2 unspecified atom stereocenters. The number of rotatable bonds is 1. The second kappa shape index (κ2) is 4.41. The first kappa shape index (κ1) is 15.2. The average Bonchev–Trinajstić information content (AvgIpc) is 3.01. The van der Waals surface area contributed by atoms with Crippen LogP contribution in [0.25, 0.3) is 4.85 Å². The fraction of sp³-hybridized carbons (Fsp3) is 0.471. The van der Waals surface area contributed by atoms with Crippen molar-refractivity contribution in [2.45, 2.75) is 37.6 Å². The van der Waals surface area contributed by atoms with E-state index in [4.69, 9.17) is 11.3 Å². The number of ether oxygens (including phenoxy) is 1. The molecule has 2 amide bonds. The average molecular weight is 330 g/mol. The van der Waals surface area contributed by atoms with Gasteiger partial charge in [-0.25, -0.2) is 14.1 Å². The number of aliphatic hydroxyl groups excluding tert-OH is 1. The van der Waals surface area contributed by atoms with Crippen molar-refractivity contribution in [3.05, 3.63) is 35.4 Å². The van der Waals surface area contributed by atoms with Crippen molar-refractivity contribution in [1.29, 1.82) is 0 Å². The quantitative estimate of drug-likeness (QED) is 0.629. The van der Waals surface area contributed by atoms with Crippen LogP contribution in [0.2, 0.25) is 0 Å². The molecule has 4 rings (SSSR count). The summed E-state index contributed by atoms with van der Waals surface area (Å²) in [4.78, 5) is 29.7. The maximum Gasteiger partial charge on any atom is 0.240 e. The number of fused-ring (bicyclic) bond motifs is 5. The lowest BCUT2D eigenvalue weighted by atomic mass is 9.67. The Morgan fingerprint density at radius 1 is 1.33 bits per heavy atom. The van der Waals surface area contributed by atoms with E-state index in [0.717, 1.165) is 11.0 Å². The Labute approximate surface area is 137 Å². The lowest BCUT2D eigenvalue weighted by Crippen LogP contribution is -2.49. The third-order valence-corrected chi connectivity index (χ3v) is 5.60. The molecule has 5 atom stereocenters. The van der Waals surface area contributed by atoms with Crippen molar-refractivity contribution in [3.8, 4) is 0 Å². The van der Waals surface area contributed by atoms with Crippen LogP contribution in [0, 0.1) is 24.2 Å². The molecule has 1 aromatic rings. The maximum absolute atomic E-state index is 13.9. The van der Waals surface area contributed by atoms with Crippen LogP contribution >= 0.6 is 0 Å². The molecule has 1 N–H and O–H groups in total. The Morgan fingerprint density at radius 3 is 2.62 bits per heavy atom. The van der Waals surface area contributed by atoms with E-state index in [0.29, 0.717) is 0 Å². The van der Waals surface area contributed by atoms with Gasteiger partial charge >= 0.3 is 0 Å². The molecule has 3 saturated heterocycles. The number of halogens is 1. The topological polar surface area (TPSA) is 71.2 Å². The van der Waals surface area contributed by atoms with E-state index in [1.165, 1.54) is 12.1 Å². The molecule has 3 aliphatic heterocycles. The first-order chi connectivity index (χ1) is 11.2. The van der Waals surface area contributed by atoms with Gasteiger partial charge in [-0.05, 0) is 26.0 Å². The zero-order valence-corrected chi connectivity index (χ0v) is 13.1. The molecule has 0 saturated carbocycles. The Balaban J connectivity index is 1.79. The lowest BCUT2D eigenvalue weighted by Gasteiger charge is -2.31. The number of benzene rings is 1. The number of hydrogen-bond acceptors (Lipinski definition) is 4. The van der Waals surface area contributed by atoms with E-state index in [2.05, 4.69) is 4.85 Å². The third-order valence-electron chi connectivity index (χ3n) is 5.60. The molecule has 0 aromatic heterocycles. The SMILES string of the molecule is [C-]#[N+]c1ccc(N2C(=O)[C@@H]3[C@H](C2=O)C2(C)C[C@H](O)C3(C)O2)cc1F. The first-order valence-corrected chi connectivity index (χ1v) is 7.66. The summed E-state index contributed by atoms with van der Waals surface area (Å²) in [5.74, 6) is -3.20. The summed E-state index contributed by atoms with van der Waals surface area (Å²) in [6.07, 6.45) is -0.551. The summed E-state index contributed by atoms with van der Waals surface area (Å²) in [6, 6.07) is 3.65. The second-order valence-corrected chi connectivity index (χ2v) is 7.03. The monoisotopic (exact) mass is 330 g/mol. The van der Waals surface area contributed by atoms with Gasteiger partial charge in [-0.2, -0.15) is 0 Å². The van der Waals surface area contributed by atoms with E-state index in [9.17, 15) is 19.1 Å². The van der Waals surface area contributed by atoms with Gasteiger partial charge in [0.2, 0.25) is 17.5 Å². The van der Waals surface area contributed by atoms with E-state index >= 15 is 0 Å². The molecule has 3 heterocycles. The van der Waals surface area contributed by atoms with E-state index in [-0.39, 0.29) is 17.8 Å². The number of amides is 2. The number of hydrogen-bond donors (Lipinski definition) is 1. The minimum atomic E-state index is -1.12. The fourth-order valence-electron chi connectivity index (χ4n) is 4.50. The second-order valence-electron chi connectivity index (χ2n) is 7.03. The zero-order valence-electron chi connectivity index (χ0n) is 13.1. The predicted molar refractivity (Wildman–Crippen MR) is 80.7 cm³/mol. The third kappa shape index (κ3) is 1.60. The molecule has 0 radical (unpaired) electrons. The molecule has 0 aliphatic carbocycles. The van der Waals surface area contributed by atoms with E-state index in [1.54, 1.807) is 13.8 Å². The standard InChI is InChI=1S/C17H15FN2O4/c1-16-7-11(21)17(2,24-16)13-12(16)14(22)20(15(13)23)8-4-5-10(19-3)9(18)6-8/h4-6,11-13,21H,7H2,1-2H3/t11-,12+,13-,16?,17?/m0/s1. The van der Waals surface area contributed by atoms with Gasteiger partial charge < -0.3 is 9.84 Å². The van der Waals surface area contributed by atoms with E-state index in [1.807, 2.05) is 0 Å². The van der Waals surface area contributed by atoms with Crippen molar-refractivity contribution >= 4 is 23.2 Å². The van der Waals surface area contributed by atoms with Crippen LogP contribution in [0.1, 0.15) is 20.3 Å². The Bertz CT molecular complexity index is 834. The summed E-state index contributed by atoms with van der Waals surface area (Å²) in [7, 11) is 0. The molecule has 2 bridgehead atoms. The van der Waals surface area contributed by atoms with Gasteiger partial charge in [-0.1, -0.05) is 6.07 Å². The van der Waals surface area contributed by atoms with Crippen LogP contribution in [0.15, 0.2) is 18.2 Å². The summed E-state index contributed by atoms with van der Waals surface area (Å²) in [5, 5.41) is 10.3. The molecule has 24 heavy (non-hydrogen) atoms. The molecule has 3 aliphatic rings. The maximum atomic E-state index is 13.9. The van der Waals surface area contributed by atoms with E-state index < -0.39 is 46.8 Å². The highest BCUT2D eigenvalue weighted by atomic mass is 19.1. The zero-order chi connectivity index (χ0) is 17.4. The number of anilines is 1. The molecule has 1 aromatic carbocycles. The molecule has 6 nitrogen and oxygen atoms in total. The van der Waals surface area contributed by atoms with Crippen LogP contribution in [0.5, 0.6) is 0 Å². The molecule has 7 heteroatoms. The van der Waals surface area contributed by atoms with Gasteiger partial charge in [-0.3, -0.25) is 9.59 Å². The largest absolute Gasteiger partial charge is 0.390 e. The van der Waals surface area contributed by atoms with Gasteiger partial charge in [-0.15, -0.1) is 0 Å². The Kier molecular flexibility index (Phi) is 2.80. The normalized spacial score (nSPS) is 40.1.